The highest BCUT2D eigenvalue weighted by Gasteiger charge is 2.31. The Morgan fingerprint density at radius 2 is 1.68 bits per heavy atom. The average molecular weight is 380 g/mol. The standard InChI is InChI=1S/C14H10BrF4NO2/c15-9-5-6-10(16)13(21)11(9)12(20)7-1-3-8(4-2-7)22-14(17,18)19/h1-6,12,21H,20H2/t12-/m1/s1. The zero-order valence-electron chi connectivity index (χ0n) is 10.9. The quantitative estimate of drug-likeness (QED) is 0.784. The lowest BCUT2D eigenvalue weighted by Gasteiger charge is -2.17. The van der Waals surface area contributed by atoms with Crippen molar-refractivity contribution in [2.75, 3.05) is 0 Å². The fourth-order valence-electron chi connectivity index (χ4n) is 1.90. The Morgan fingerprint density at radius 1 is 1.09 bits per heavy atom. The van der Waals surface area contributed by atoms with E-state index < -0.39 is 29.7 Å². The number of phenols is 1. The molecule has 0 spiro atoms. The van der Waals surface area contributed by atoms with Gasteiger partial charge in [-0.25, -0.2) is 4.39 Å². The highest BCUT2D eigenvalue weighted by molar-refractivity contribution is 9.10. The molecule has 0 bridgehead atoms. The predicted octanol–water partition coefficient (Wildman–Crippen LogP) is 4.24. The van der Waals surface area contributed by atoms with Crippen LogP contribution in [0.25, 0.3) is 0 Å². The average Bonchev–Trinajstić information content (AvgIpc) is 2.42. The van der Waals surface area contributed by atoms with E-state index in [1.807, 2.05) is 0 Å². The summed E-state index contributed by atoms with van der Waals surface area (Å²) in [6.45, 7) is 0. The first-order valence-electron chi connectivity index (χ1n) is 5.97. The number of alkyl halides is 3. The highest BCUT2D eigenvalue weighted by Crippen LogP contribution is 2.36. The molecule has 2 aromatic carbocycles. The van der Waals surface area contributed by atoms with Crippen molar-refractivity contribution in [2.45, 2.75) is 12.4 Å². The fourth-order valence-corrected chi connectivity index (χ4v) is 2.46. The molecule has 2 aromatic rings. The Bertz CT molecular complexity index is 674. The van der Waals surface area contributed by atoms with Crippen molar-refractivity contribution >= 4 is 15.9 Å². The molecule has 3 nitrogen and oxygen atoms in total. The number of nitrogens with two attached hydrogens (primary N) is 1. The number of halogens is 5. The monoisotopic (exact) mass is 379 g/mol. The van der Waals surface area contributed by atoms with E-state index >= 15 is 0 Å². The maximum Gasteiger partial charge on any atom is 0.573 e. The summed E-state index contributed by atoms with van der Waals surface area (Å²) < 4.78 is 53.8. The van der Waals surface area contributed by atoms with E-state index in [0.29, 0.717) is 10.0 Å². The molecule has 0 aliphatic heterocycles. The summed E-state index contributed by atoms with van der Waals surface area (Å²) >= 11 is 3.15. The third kappa shape index (κ3) is 3.69. The number of aromatic hydroxyl groups is 1. The van der Waals surface area contributed by atoms with Gasteiger partial charge in [0.2, 0.25) is 0 Å². The summed E-state index contributed by atoms with van der Waals surface area (Å²) in [7, 11) is 0. The van der Waals surface area contributed by atoms with E-state index in [-0.39, 0.29) is 5.56 Å². The second-order valence-electron chi connectivity index (χ2n) is 4.39. The smallest absolute Gasteiger partial charge is 0.505 e. The Kier molecular flexibility index (Phi) is 4.62. The molecular formula is C14H10BrF4NO2. The van der Waals surface area contributed by atoms with Gasteiger partial charge in [0.25, 0.3) is 0 Å². The SMILES string of the molecule is N[C@H](c1ccc(OC(F)(F)F)cc1)c1c(Br)ccc(F)c1O. The molecule has 0 aliphatic carbocycles. The van der Waals surface area contributed by atoms with Gasteiger partial charge in [-0.3, -0.25) is 0 Å². The van der Waals surface area contributed by atoms with E-state index in [0.717, 1.165) is 18.2 Å². The molecule has 2 rings (SSSR count). The van der Waals surface area contributed by atoms with Crippen LogP contribution in [-0.4, -0.2) is 11.5 Å². The topological polar surface area (TPSA) is 55.5 Å². The summed E-state index contributed by atoms with van der Waals surface area (Å²) in [6.07, 6.45) is -4.78. The molecule has 0 saturated carbocycles. The van der Waals surface area contributed by atoms with Crippen LogP contribution >= 0.6 is 15.9 Å². The summed E-state index contributed by atoms with van der Waals surface area (Å²) in [6, 6.07) is 6.32. The zero-order chi connectivity index (χ0) is 16.5. The van der Waals surface area contributed by atoms with Crippen molar-refractivity contribution in [3.8, 4) is 11.5 Å². The largest absolute Gasteiger partial charge is 0.573 e. The van der Waals surface area contributed by atoms with Crippen LogP contribution < -0.4 is 10.5 Å². The molecule has 0 unspecified atom stereocenters. The van der Waals surface area contributed by atoms with E-state index in [4.69, 9.17) is 5.73 Å². The third-order valence-corrected chi connectivity index (χ3v) is 3.59. The van der Waals surface area contributed by atoms with Gasteiger partial charge in [0.05, 0.1) is 6.04 Å². The van der Waals surface area contributed by atoms with Gasteiger partial charge < -0.3 is 15.6 Å². The first-order valence-corrected chi connectivity index (χ1v) is 6.76. The Morgan fingerprint density at radius 3 is 2.23 bits per heavy atom. The van der Waals surface area contributed by atoms with E-state index in [9.17, 15) is 22.7 Å². The van der Waals surface area contributed by atoms with Crippen LogP contribution in [0.1, 0.15) is 17.2 Å². The third-order valence-electron chi connectivity index (χ3n) is 2.90. The van der Waals surface area contributed by atoms with Crippen molar-refractivity contribution in [3.05, 3.63) is 57.8 Å². The molecule has 22 heavy (non-hydrogen) atoms. The number of benzene rings is 2. The van der Waals surface area contributed by atoms with Crippen molar-refractivity contribution in [1.82, 2.24) is 0 Å². The molecule has 8 heteroatoms. The number of rotatable bonds is 3. The van der Waals surface area contributed by atoms with Crippen LogP contribution in [0.2, 0.25) is 0 Å². The zero-order valence-corrected chi connectivity index (χ0v) is 12.5. The lowest BCUT2D eigenvalue weighted by atomic mass is 9.98. The Balaban J connectivity index is 2.31. The van der Waals surface area contributed by atoms with Gasteiger partial charge >= 0.3 is 6.36 Å². The minimum atomic E-state index is -4.78. The Labute approximate surface area is 131 Å². The van der Waals surface area contributed by atoms with Crippen LogP contribution in [0, 0.1) is 5.82 Å². The van der Waals surface area contributed by atoms with Gasteiger partial charge in [-0.1, -0.05) is 28.1 Å². The van der Waals surface area contributed by atoms with Crippen LogP contribution in [0.5, 0.6) is 11.5 Å². The summed E-state index contributed by atoms with van der Waals surface area (Å²) in [4.78, 5) is 0. The lowest BCUT2D eigenvalue weighted by molar-refractivity contribution is -0.274. The maximum atomic E-state index is 13.4. The van der Waals surface area contributed by atoms with Gasteiger partial charge in [0.1, 0.15) is 5.75 Å². The van der Waals surface area contributed by atoms with E-state index in [1.165, 1.54) is 18.2 Å². The fraction of sp³-hybridized carbons (Fsp3) is 0.143. The molecule has 0 aliphatic rings. The van der Waals surface area contributed by atoms with Crippen LogP contribution in [0.15, 0.2) is 40.9 Å². The van der Waals surface area contributed by atoms with E-state index in [1.54, 1.807) is 0 Å². The number of ether oxygens (including phenoxy) is 1. The lowest BCUT2D eigenvalue weighted by Crippen LogP contribution is -2.17. The van der Waals surface area contributed by atoms with Gasteiger partial charge in [-0.15, -0.1) is 13.2 Å². The van der Waals surface area contributed by atoms with Gasteiger partial charge in [-0.2, -0.15) is 0 Å². The molecule has 1 atom stereocenters. The normalized spacial score (nSPS) is 13.0. The maximum absolute atomic E-state index is 13.4. The first kappa shape index (κ1) is 16.6. The molecular weight excluding hydrogens is 370 g/mol. The second kappa shape index (κ2) is 6.13. The highest BCUT2D eigenvalue weighted by atomic mass is 79.9. The van der Waals surface area contributed by atoms with Crippen molar-refractivity contribution in [2.24, 2.45) is 5.73 Å². The molecule has 0 fully saturated rings. The first-order chi connectivity index (χ1) is 10.2. The second-order valence-corrected chi connectivity index (χ2v) is 5.24. The van der Waals surface area contributed by atoms with Crippen molar-refractivity contribution in [3.63, 3.8) is 0 Å². The van der Waals surface area contributed by atoms with Gasteiger partial charge in [-0.05, 0) is 29.8 Å². The molecule has 0 radical (unpaired) electrons. The number of hydrogen-bond donors (Lipinski definition) is 2. The summed E-state index contributed by atoms with van der Waals surface area (Å²) in [5.41, 5.74) is 6.43. The molecule has 0 amide bonds. The van der Waals surface area contributed by atoms with Crippen molar-refractivity contribution < 1.29 is 27.4 Å². The van der Waals surface area contributed by atoms with Crippen molar-refractivity contribution in [1.29, 1.82) is 0 Å². The molecule has 0 heterocycles. The molecule has 0 saturated heterocycles. The van der Waals surface area contributed by atoms with Crippen LogP contribution in [-0.2, 0) is 0 Å². The molecule has 0 aromatic heterocycles. The molecule has 3 N–H and O–H groups in total. The predicted molar refractivity (Wildman–Crippen MR) is 74.9 cm³/mol. The van der Waals surface area contributed by atoms with Crippen LogP contribution in [0.3, 0.4) is 0 Å². The summed E-state index contributed by atoms with van der Waals surface area (Å²) in [5.74, 6) is -1.85. The minimum Gasteiger partial charge on any atom is -0.505 e. The summed E-state index contributed by atoms with van der Waals surface area (Å²) in [5, 5.41) is 9.76. The number of hydrogen-bond acceptors (Lipinski definition) is 3. The van der Waals surface area contributed by atoms with Gasteiger partial charge in [0.15, 0.2) is 11.6 Å². The minimum absolute atomic E-state index is 0.101. The van der Waals surface area contributed by atoms with Crippen LogP contribution in [0.4, 0.5) is 17.6 Å². The molecule has 118 valence electrons. The number of phenolic OH excluding ortho intramolecular Hbond substituents is 1. The van der Waals surface area contributed by atoms with Gasteiger partial charge in [0, 0.05) is 10.0 Å². The van der Waals surface area contributed by atoms with E-state index in [2.05, 4.69) is 20.7 Å². The Hall–Kier alpha value is -1.80.